The summed E-state index contributed by atoms with van der Waals surface area (Å²) in [6, 6.07) is 30.5. The maximum atomic E-state index is 15.9. The van der Waals surface area contributed by atoms with Crippen LogP contribution in [0.5, 0.6) is 11.5 Å². The molecule has 3 heterocycles. The fourth-order valence-electron chi connectivity index (χ4n) is 8.09. The lowest BCUT2D eigenvalue weighted by atomic mass is 9.93. The average molecular weight is 679 g/mol. The SMILES string of the molecule is C[C@@H]1[C@@H]([Si](C)(C)F)[C@H](CC(=O)N2Cc3ccccc3C[C@H]2CO)O[C@@H]1CCc1ccc(N2C(=O)c3ccccc3Oc3ccccc32)cc1. The Morgan fingerprint density at radius 3 is 2.31 bits per heavy atom. The summed E-state index contributed by atoms with van der Waals surface area (Å²) >= 11 is 0. The summed E-state index contributed by atoms with van der Waals surface area (Å²) in [6.07, 6.45) is 1.43. The molecule has 1 fully saturated rings. The zero-order chi connectivity index (χ0) is 34.3. The van der Waals surface area contributed by atoms with Crippen molar-refractivity contribution in [1.82, 2.24) is 4.90 Å². The zero-order valence-electron chi connectivity index (χ0n) is 28.2. The van der Waals surface area contributed by atoms with Crippen molar-refractivity contribution >= 4 is 31.6 Å². The summed E-state index contributed by atoms with van der Waals surface area (Å²) in [6.45, 7) is 5.82. The summed E-state index contributed by atoms with van der Waals surface area (Å²) in [5, 5.41) is 10.1. The van der Waals surface area contributed by atoms with Crippen LogP contribution < -0.4 is 9.64 Å². The van der Waals surface area contributed by atoms with Gasteiger partial charge in [-0.05, 0) is 91.4 Å². The first-order chi connectivity index (χ1) is 23.6. The van der Waals surface area contributed by atoms with Gasteiger partial charge in [0.1, 0.15) is 5.75 Å². The molecule has 3 aliphatic rings. The highest BCUT2D eigenvalue weighted by Gasteiger charge is 2.52. The Balaban J connectivity index is 1.05. The molecule has 254 valence electrons. The van der Waals surface area contributed by atoms with Gasteiger partial charge in [0.15, 0.2) is 5.75 Å². The second-order valence-electron chi connectivity index (χ2n) is 14.1. The highest BCUT2D eigenvalue weighted by molar-refractivity contribution is 6.72. The molecule has 1 N–H and O–H groups in total. The quantitative estimate of drug-likeness (QED) is 0.151. The molecule has 4 aromatic rings. The minimum atomic E-state index is -3.18. The molecule has 0 aromatic heterocycles. The van der Waals surface area contributed by atoms with Crippen LogP contribution in [0.1, 0.15) is 46.8 Å². The molecular formula is C40H43FN2O5Si. The van der Waals surface area contributed by atoms with E-state index in [9.17, 15) is 14.7 Å². The van der Waals surface area contributed by atoms with Gasteiger partial charge in [0.05, 0.1) is 42.5 Å². The number of ether oxygens (including phenoxy) is 2. The summed E-state index contributed by atoms with van der Waals surface area (Å²) in [4.78, 5) is 31.0. The van der Waals surface area contributed by atoms with Gasteiger partial charge in [-0.1, -0.05) is 67.6 Å². The molecule has 0 bridgehead atoms. The number of aliphatic hydroxyl groups excluding tert-OH is 1. The van der Waals surface area contributed by atoms with E-state index < -0.39 is 14.5 Å². The first-order valence-electron chi connectivity index (χ1n) is 17.2. The van der Waals surface area contributed by atoms with E-state index in [0.717, 1.165) is 22.4 Å². The van der Waals surface area contributed by atoms with E-state index in [1.165, 1.54) is 0 Å². The molecule has 0 aliphatic carbocycles. The van der Waals surface area contributed by atoms with Crippen LogP contribution in [0.15, 0.2) is 97.1 Å². The first-order valence-corrected chi connectivity index (χ1v) is 20.2. The maximum Gasteiger partial charge on any atom is 0.266 e. The third-order valence-electron chi connectivity index (χ3n) is 10.5. The molecule has 9 heteroatoms. The van der Waals surface area contributed by atoms with Crippen molar-refractivity contribution in [1.29, 1.82) is 0 Å². The van der Waals surface area contributed by atoms with E-state index in [-0.39, 0.29) is 48.4 Å². The van der Waals surface area contributed by atoms with Gasteiger partial charge in [0.2, 0.25) is 14.3 Å². The predicted octanol–water partition coefficient (Wildman–Crippen LogP) is 7.99. The van der Waals surface area contributed by atoms with Gasteiger partial charge in [0.25, 0.3) is 5.91 Å². The van der Waals surface area contributed by atoms with Crippen LogP contribution in [0.2, 0.25) is 18.6 Å². The third-order valence-corrected chi connectivity index (χ3v) is 13.0. The van der Waals surface area contributed by atoms with Gasteiger partial charge in [-0.2, -0.15) is 0 Å². The lowest BCUT2D eigenvalue weighted by Gasteiger charge is -2.37. The summed E-state index contributed by atoms with van der Waals surface area (Å²) in [5.74, 6) is 0.840. The van der Waals surface area contributed by atoms with Crippen LogP contribution in [0.25, 0.3) is 0 Å². The monoisotopic (exact) mass is 678 g/mol. The second-order valence-corrected chi connectivity index (χ2v) is 17.9. The number of nitrogens with zero attached hydrogens (tertiary/aromatic N) is 2. The number of carbonyl (C=O) groups is 2. The molecule has 4 aromatic carbocycles. The number of halogens is 1. The molecule has 7 nitrogen and oxygen atoms in total. The van der Waals surface area contributed by atoms with Gasteiger partial charge >= 0.3 is 0 Å². The van der Waals surface area contributed by atoms with Crippen LogP contribution in [0.4, 0.5) is 15.5 Å². The Morgan fingerprint density at radius 1 is 0.898 bits per heavy atom. The number of benzene rings is 4. The van der Waals surface area contributed by atoms with Crippen molar-refractivity contribution < 1.29 is 28.3 Å². The number of hydrogen-bond acceptors (Lipinski definition) is 5. The zero-order valence-corrected chi connectivity index (χ0v) is 29.2. The molecule has 1 saturated heterocycles. The first kappa shape index (κ1) is 33.2. The molecular weight excluding hydrogens is 636 g/mol. The van der Waals surface area contributed by atoms with E-state index in [2.05, 4.69) is 13.0 Å². The van der Waals surface area contributed by atoms with Crippen molar-refractivity contribution in [3.8, 4) is 11.5 Å². The standard InChI is InChI=1S/C40H43FN2O5Si/c1-26-34(47-37(39(26)49(2,3)41)23-38(45)42-24-29-11-5-4-10-28(29)22-31(42)25-44)21-18-27-16-19-30(20-17-27)43-33-13-7-9-15-36(33)48-35-14-8-6-12-32(35)40(43)46/h4-17,19-20,26,31,34,37,39,44H,18,21-25H2,1-3H3/t26-,31-,34+,37-,39+/m0/s1. The van der Waals surface area contributed by atoms with Crippen molar-refractivity contribution in [2.45, 2.75) is 76.0 Å². The molecule has 0 radical (unpaired) electrons. The van der Waals surface area contributed by atoms with Crippen molar-refractivity contribution in [3.63, 3.8) is 0 Å². The van der Waals surface area contributed by atoms with E-state index in [1.54, 1.807) is 35.0 Å². The fraction of sp³-hybridized carbons (Fsp3) is 0.350. The number of aryl methyl sites for hydroxylation is 1. The number of hydrogen-bond donors (Lipinski definition) is 1. The second kappa shape index (κ2) is 13.5. The van der Waals surface area contributed by atoms with Crippen LogP contribution in [0.3, 0.4) is 0 Å². The summed E-state index contributed by atoms with van der Waals surface area (Å²) in [5.41, 5.74) is 4.91. The van der Waals surface area contributed by atoms with E-state index in [0.29, 0.717) is 48.6 Å². The minimum Gasteiger partial charge on any atom is -0.454 e. The minimum absolute atomic E-state index is 0.0363. The van der Waals surface area contributed by atoms with Gasteiger partial charge in [-0.25, -0.2) is 0 Å². The molecule has 0 spiro atoms. The van der Waals surface area contributed by atoms with E-state index in [4.69, 9.17) is 9.47 Å². The Morgan fingerprint density at radius 2 is 1.57 bits per heavy atom. The van der Waals surface area contributed by atoms with Gasteiger partial charge in [-0.3, -0.25) is 14.5 Å². The Kier molecular flexibility index (Phi) is 9.17. The molecule has 0 saturated carbocycles. The number of rotatable bonds is 8. The van der Waals surface area contributed by atoms with Gasteiger partial charge in [0, 0.05) is 17.8 Å². The normalized spacial score (nSPS) is 23.3. The molecule has 7 rings (SSSR count). The van der Waals surface area contributed by atoms with Crippen molar-refractivity contribution in [2.24, 2.45) is 5.92 Å². The number of amides is 2. The van der Waals surface area contributed by atoms with Crippen LogP contribution in [-0.4, -0.2) is 55.1 Å². The lowest BCUT2D eigenvalue weighted by molar-refractivity contribution is -0.138. The average Bonchev–Trinajstić information content (AvgIpc) is 3.35. The number of anilines is 2. The molecule has 49 heavy (non-hydrogen) atoms. The largest absolute Gasteiger partial charge is 0.454 e. The molecule has 3 aliphatic heterocycles. The Bertz CT molecular complexity index is 1840. The summed E-state index contributed by atoms with van der Waals surface area (Å²) < 4.78 is 28.6. The van der Waals surface area contributed by atoms with Crippen LogP contribution >= 0.6 is 0 Å². The predicted molar refractivity (Wildman–Crippen MR) is 191 cm³/mol. The number of fused-ring (bicyclic) bond motifs is 3. The van der Waals surface area contributed by atoms with E-state index in [1.807, 2.05) is 78.9 Å². The molecule has 0 unspecified atom stereocenters. The Hall–Kier alpha value is -4.31. The van der Waals surface area contributed by atoms with Gasteiger partial charge < -0.3 is 23.6 Å². The fourth-order valence-corrected chi connectivity index (χ4v) is 10.6. The van der Waals surface area contributed by atoms with Crippen molar-refractivity contribution in [3.05, 3.63) is 119 Å². The van der Waals surface area contributed by atoms with Crippen molar-refractivity contribution in [2.75, 3.05) is 11.5 Å². The summed E-state index contributed by atoms with van der Waals surface area (Å²) in [7, 11) is -3.18. The Labute approximate surface area is 288 Å². The topological polar surface area (TPSA) is 79.3 Å². The number of para-hydroxylation sites is 3. The van der Waals surface area contributed by atoms with E-state index >= 15 is 4.11 Å². The highest BCUT2D eigenvalue weighted by Crippen LogP contribution is 2.47. The lowest BCUT2D eigenvalue weighted by Crippen LogP contribution is -2.48. The van der Waals surface area contributed by atoms with Gasteiger partial charge in [-0.15, -0.1) is 0 Å². The third kappa shape index (κ3) is 6.55. The van der Waals surface area contributed by atoms with Crippen LogP contribution in [-0.2, 0) is 28.9 Å². The molecule has 2 amide bonds. The maximum absolute atomic E-state index is 15.9. The molecule has 5 atom stereocenters. The number of aliphatic hydroxyl groups is 1. The highest BCUT2D eigenvalue weighted by atomic mass is 28.4. The number of carbonyl (C=O) groups excluding carboxylic acids is 2. The smallest absolute Gasteiger partial charge is 0.266 e. The van der Waals surface area contributed by atoms with Crippen LogP contribution in [0, 0.1) is 5.92 Å².